The molecule has 106 valence electrons. The Hall–Kier alpha value is -1.88. The molecular formula is C15H18N2O3. The average molecular weight is 274 g/mol. The first-order valence-corrected chi connectivity index (χ1v) is 6.88. The van der Waals surface area contributed by atoms with Crippen LogP contribution in [0.3, 0.4) is 0 Å². The number of fused-ring (bicyclic) bond motifs is 1. The number of imidazole rings is 1. The Morgan fingerprint density at radius 2 is 2.35 bits per heavy atom. The van der Waals surface area contributed by atoms with Crippen molar-refractivity contribution in [1.82, 2.24) is 9.55 Å². The number of para-hydroxylation sites is 1. The standard InChI is InChI=1S/C15H18N2O3/c1-3-12-16-13-10(14(18)19)5-4-6-11(13)17(12)15(2)7-8-20-9-15/h4-6H,3,7-9H2,1-2H3,(H,18,19). The number of nitrogens with zero attached hydrogens (tertiary/aromatic N) is 2. The third-order valence-corrected chi connectivity index (χ3v) is 4.04. The van der Waals surface area contributed by atoms with Crippen molar-refractivity contribution < 1.29 is 14.6 Å². The molecule has 5 heteroatoms. The third kappa shape index (κ3) is 1.81. The molecule has 1 aliphatic rings. The highest BCUT2D eigenvalue weighted by atomic mass is 16.5. The van der Waals surface area contributed by atoms with Crippen LogP contribution in [0.5, 0.6) is 0 Å². The molecule has 0 radical (unpaired) electrons. The van der Waals surface area contributed by atoms with E-state index in [-0.39, 0.29) is 11.1 Å². The minimum Gasteiger partial charge on any atom is -0.478 e. The number of carbonyl (C=O) groups is 1. The van der Waals surface area contributed by atoms with Gasteiger partial charge in [-0.2, -0.15) is 0 Å². The monoisotopic (exact) mass is 274 g/mol. The molecule has 3 rings (SSSR count). The van der Waals surface area contributed by atoms with Gasteiger partial charge < -0.3 is 14.4 Å². The number of hydrogen-bond acceptors (Lipinski definition) is 3. The normalized spacial score (nSPS) is 22.5. The van der Waals surface area contributed by atoms with Crippen LogP contribution in [0.25, 0.3) is 11.0 Å². The Balaban J connectivity index is 2.30. The zero-order valence-electron chi connectivity index (χ0n) is 11.7. The lowest BCUT2D eigenvalue weighted by molar-refractivity contribution is 0.0699. The number of aromatic carboxylic acids is 1. The molecule has 2 aromatic rings. The smallest absolute Gasteiger partial charge is 0.337 e. The first kappa shape index (κ1) is 13.1. The highest BCUT2D eigenvalue weighted by molar-refractivity contribution is 6.01. The van der Waals surface area contributed by atoms with Gasteiger partial charge in [0.25, 0.3) is 0 Å². The van der Waals surface area contributed by atoms with E-state index in [1.165, 1.54) is 0 Å². The maximum Gasteiger partial charge on any atom is 0.337 e. The van der Waals surface area contributed by atoms with E-state index >= 15 is 0 Å². The van der Waals surface area contributed by atoms with Crippen molar-refractivity contribution in [3.8, 4) is 0 Å². The van der Waals surface area contributed by atoms with Gasteiger partial charge in [0.1, 0.15) is 11.3 Å². The van der Waals surface area contributed by atoms with Gasteiger partial charge in [-0.3, -0.25) is 0 Å². The predicted octanol–water partition coefficient (Wildman–Crippen LogP) is 2.43. The van der Waals surface area contributed by atoms with Crippen molar-refractivity contribution >= 4 is 17.0 Å². The molecule has 20 heavy (non-hydrogen) atoms. The Kier molecular flexibility index (Phi) is 3.01. The number of ether oxygens (including phenoxy) is 1. The summed E-state index contributed by atoms with van der Waals surface area (Å²) in [5, 5.41) is 9.31. The lowest BCUT2D eigenvalue weighted by Gasteiger charge is -2.27. The number of aromatic nitrogens is 2. The van der Waals surface area contributed by atoms with Crippen molar-refractivity contribution in [3.63, 3.8) is 0 Å². The number of benzene rings is 1. The topological polar surface area (TPSA) is 64.3 Å². The van der Waals surface area contributed by atoms with Crippen molar-refractivity contribution in [3.05, 3.63) is 29.6 Å². The van der Waals surface area contributed by atoms with Crippen molar-refractivity contribution in [2.24, 2.45) is 0 Å². The highest BCUT2D eigenvalue weighted by Gasteiger charge is 2.35. The number of rotatable bonds is 3. The lowest BCUT2D eigenvalue weighted by Crippen LogP contribution is -2.31. The van der Waals surface area contributed by atoms with E-state index in [1.807, 2.05) is 13.0 Å². The Morgan fingerprint density at radius 3 is 2.95 bits per heavy atom. The van der Waals surface area contributed by atoms with Gasteiger partial charge in [-0.05, 0) is 25.5 Å². The van der Waals surface area contributed by atoms with Crippen molar-refractivity contribution in [2.75, 3.05) is 13.2 Å². The quantitative estimate of drug-likeness (QED) is 0.933. The Morgan fingerprint density at radius 1 is 1.55 bits per heavy atom. The fourth-order valence-corrected chi connectivity index (χ4v) is 2.99. The molecule has 0 amide bonds. The van der Waals surface area contributed by atoms with E-state index in [1.54, 1.807) is 12.1 Å². The van der Waals surface area contributed by atoms with Gasteiger partial charge in [0, 0.05) is 13.0 Å². The molecule has 1 saturated heterocycles. The SMILES string of the molecule is CCc1nc2c(C(=O)O)cccc2n1C1(C)CCOC1. The number of carboxylic acids is 1. The van der Waals surface area contributed by atoms with Crippen LogP contribution >= 0.6 is 0 Å². The van der Waals surface area contributed by atoms with Gasteiger partial charge in [-0.1, -0.05) is 13.0 Å². The highest BCUT2D eigenvalue weighted by Crippen LogP contribution is 2.33. The maximum absolute atomic E-state index is 11.4. The molecule has 1 unspecified atom stereocenters. The zero-order chi connectivity index (χ0) is 14.3. The van der Waals surface area contributed by atoms with Gasteiger partial charge in [-0.15, -0.1) is 0 Å². The second-order valence-electron chi connectivity index (χ2n) is 5.49. The molecule has 1 aliphatic heterocycles. The molecule has 0 bridgehead atoms. The fraction of sp³-hybridized carbons (Fsp3) is 0.467. The van der Waals surface area contributed by atoms with E-state index in [2.05, 4.69) is 16.5 Å². The largest absolute Gasteiger partial charge is 0.478 e. The predicted molar refractivity (Wildman–Crippen MR) is 75.2 cm³/mol. The van der Waals surface area contributed by atoms with Crippen LogP contribution in [0.2, 0.25) is 0 Å². The van der Waals surface area contributed by atoms with Crippen LogP contribution in [-0.4, -0.2) is 33.8 Å². The molecular weight excluding hydrogens is 256 g/mol. The molecule has 0 spiro atoms. The number of carboxylic acid groups (broad SMARTS) is 1. The van der Waals surface area contributed by atoms with Crippen LogP contribution in [0.15, 0.2) is 18.2 Å². The summed E-state index contributed by atoms with van der Waals surface area (Å²) >= 11 is 0. The van der Waals surface area contributed by atoms with Crippen LogP contribution in [-0.2, 0) is 16.7 Å². The molecule has 2 heterocycles. The molecule has 1 aromatic carbocycles. The Bertz CT molecular complexity index is 669. The minimum atomic E-state index is -0.935. The van der Waals surface area contributed by atoms with Gasteiger partial charge in [0.15, 0.2) is 0 Å². The summed E-state index contributed by atoms with van der Waals surface area (Å²) in [6.45, 7) is 5.56. The molecule has 1 fully saturated rings. The van der Waals surface area contributed by atoms with Gasteiger partial charge >= 0.3 is 5.97 Å². The Labute approximate surface area is 117 Å². The summed E-state index contributed by atoms with van der Waals surface area (Å²) in [5.74, 6) is -0.0163. The lowest BCUT2D eigenvalue weighted by atomic mass is 10.0. The molecule has 1 N–H and O–H groups in total. The third-order valence-electron chi connectivity index (χ3n) is 4.04. The summed E-state index contributed by atoms with van der Waals surface area (Å²) in [7, 11) is 0. The maximum atomic E-state index is 11.4. The van der Waals surface area contributed by atoms with Gasteiger partial charge in [0.05, 0.1) is 23.2 Å². The minimum absolute atomic E-state index is 0.142. The fourth-order valence-electron chi connectivity index (χ4n) is 2.99. The van der Waals surface area contributed by atoms with E-state index in [9.17, 15) is 9.90 Å². The summed E-state index contributed by atoms with van der Waals surface area (Å²) < 4.78 is 7.71. The summed E-state index contributed by atoms with van der Waals surface area (Å²) in [5.41, 5.74) is 1.58. The van der Waals surface area contributed by atoms with E-state index in [4.69, 9.17) is 4.74 Å². The summed E-state index contributed by atoms with van der Waals surface area (Å²) in [6, 6.07) is 5.33. The zero-order valence-corrected chi connectivity index (χ0v) is 11.7. The molecule has 1 aromatic heterocycles. The molecule has 0 saturated carbocycles. The number of hydrogen-bond donors (Lipinski definition) is 1. The van der Waals surface area contributed by atoms with Crippen molar-refractivity contribution in [2.45, 2.75) is 32.2 Å². The van der Waals surface area contributed by atoms with E-state index < -0.39 is 5.97 Å². The van der Waals surface area contributed by atoms with Crippen LogP contribution < -0.4 is 0 Å². The first-order valence-electron chi connectivity index (χ1n) is 6.88. The summed E-state index contributed by atoms with van der Waals surface area (Å²) in [6.07, 6.45) is 1.69. The molecule has 0 aliphatic carbocycles. The van der Waals surface area contributed by atoms with E-state index in [0.29, 0.717) is 12.1 Å². The van der Waals surface area contributed by atoms with Crippen LogP contribution in [0.1, 0.15) is 36.5 Å². The summed E-state index contributed by atoms with van der Waals surface area (Å²) in [4.78, 5) is 15.9. The van der Waals surface area contributed by atoms with Gasteiger partial charge in [0.2, 0.25) is 0 Å². The first-order chi connectivity index (χ1) is 9.57. The van der Waals surface area contributed by atoms with E-state index in [0.717, 1.165) is 30.8 Å². The molecule has 1 atom stereocenters. The second kappa shape index (κ2) is 4.59. The van der Waals surface area contributed by atoms with Gasteiger partial charge in [-0.25, -0.2) is 9.78 Å². The van der Waals surface area contributed by atoms with Crippen LogP contribution in [0.4, 0.5) is 0 Å². The van der Waals surface area contributed by atoms with Crippen molar-refractivity contribution in [1.29, 1.82) is 0 Å². The number of aryl methyl sites for hydroxylation is 1. The second-order valence-corrected chi connectivity index (χ2v) is 5.49. The van der Waals surface area contributed by atoms with Crippen LogP contribution in [0, 0.1) is 0 Å². The molecule has 5 nitrogen and oxygen atoms in total. The average Bonchev–Trinajstić information content (AvgIpc) is 3.01.